The molecule has 1 heterocycles. The molecule has 0 bridgehead atoms. The zero-order chi connectivity index (χ0) is 18.4. The second-order valence-electron chi connectivity index (χ2n) is 5.70. The van der Waals surface area contributed by atoms with Crippen LogP contribution in [0.25, 0.3) is 5.57 Å². The zero-order valence-electron chi connectivity index (χ0n) is 14.1. The van der Waals surface area contributed by atoms with Crippen LogP contribution >= 0.6 is 11.6 Å². The fourth-order valence-corrected chi connectivity index (χ4v) is 2.87. The number of benzene rings is 1. The predicted molar refractivity (Wildman–Crippen MR) is 93.8 cm³/mol. The summed E-state index contributed by atoms with van der Waals surface area (Å²) in [7, 11) is 0. The van der Waals surface area contributed by atoms with E-state index >= 15 is 0 Å². The van der Waals surface area contributed by atoms with Gasteiger partial charge in [-0.1, -0.05) is 17.7 Å². The van der Waals surface area contributed by atoms with Crippen LogP contribution in [0.3, 0.4) is 0 Å². The van der Waals surface area contributed by atoms with Gasteiger partial charge < -0.3 is 4.74 Å². The van der Waals surface area contributed by atoms with E-state index in [9.17, 15) is 13.6 Å². The number of carbonyl (C=O) groups is 1. The Labute approximate surface area is 151 Å². The van der Waals surface area contributed by atoms with E-state index in [4.69, 9.17) is 16.3 Å². The fourth-order valence-electron chi connectivity index (χ4n) is 2.59. The second-order valence-corrected chi connectivity index (χ2v) is 6.06. The quantitative estimate of drug-likeness (QED) is 0.310. The summed E-state index contributed by atoms with van der Waals surface area (Å²) in [5, 5.41) is 3.29. The molecule has 136 valence electrons. The van der Waals surface area contributed by atoms with Gasteiger partial charge in [-0.2, -0.15) is 0 Å². The molecule has 1 aliphatic heterocycles. The van der Waals surface area contributed by atoms with Gasteiger partial charge >= 0.3 is 0 Å². The first-order chi connectivity index (χ1) is 12.0. The van der Waals surface area contributed by atoms with Gasteiger partial charge in [0, 0.05) is 24.7 Å². The number of hydrogen-bond acceptors (Lipinski definition) is 3. The molecule has 4 nitrogen and oxygen atoms in total. The Hall–Kier alpha value is -2.08. The van der Waals surface area contributed by atoms with Gasteiger partial charge in [0.05, 0.1) is 6.61 Å². The Morgan fingerprint density at radius 3 is 2.72 bits per heavy atom. The van der Waals surface area contributed by atoms with Crippen molar-refractivity contribution in [3.05, 3.63) is 47.1 Å². The average Bonchev–Trinajstić information content (AvgIpc) is 2.62. The Morgan fingerprint density at radius 1 is 1.32 bits per heavy atom. The second kappa shape index (κ2) is 8.85. The largest absolute Gasteiger partial charge is 0.490 e. The number of nitrogens with zero attached hydrogens (tertiary/aromatic N) is 2. The lowest BCUT2D eigenvalue weighted by atomic mass is 10.1. The molecular formula is C18H21ClF2N2O2. The minimum absolute atomic E-state index is 0.0482. The van der Waals surface area contributed by atoms with E-state index in [-0.39, 0.29) is 23.1 Å². The van der Waals surface area contributed by atoms with Crippen LogP contribution in [-0.2, 0) is 4.79 Å². The van der Waals surface area contributed by atoms with Gasteiger partial charge in [0.1, 0.15) is 11.0 Å². The highest BCUT2D eigenvalue weighted by Crippen LogP contribution is 2.32. The van der Waals surface area contributed by atoms with E-state index in [0.29, 0.717) is 31.5 Å². The van der Waals surface area contributed by atoms with Gasteiger partial charge in [-0.25, -0.2) is 8.78 Å². The molecule has 1 aromatic carbocycles. The molecule has 1 amide bonds. The maximum Gasteiger partial charge on any atom is 0.228 e. The highest BCUT2D eigenvalue weighted by atomic mass is 35.5. The van der Waals surface area contributed by atoms with Crippen molar-refractivity contribution in [2.75, 3.05) is 19.7 Å². The van der Waals surface area contributed by atoms with E-state index in [1.165, 1.54) is 11.1 Å². The molecule has 0 atom stereocenters. The topological polar surface area (TPSA) is 32.8 Å². The highest BCUT2D eigenvalue weighted by molar-refractivity contribution is 6.32. The average molecular weight is 371 g/mol. The monoisotopic (exact) mass is 370 g/mol. The molecule has 2 rings (SSSR count). The number of rotatable bonds is 7. The first kappa shape index (κ1) is 19.2. The minimum Gasteiger partial charge on any atom is -0.490 e. The number of halogens is 3. The molecule has 1 fully saturated rings. The Balaban J connectivity index is 2.35. The fraction of sp³-hybridized carbons (Fsp3) is 0.389. The Kier molecular flexibility index (Phi) is 6.82. The smallest absolute Gasteiger partial charge is 0.228 e. The summed E-state index contributed by atoms with van der Waals surface area (Å²) < 4.78 is 33.5. The number of hydrazine groups is 1. The van der Waals surface area contributed by atoms with Crippen LogP contribution < -0.4 is 4.74 Å². The number of allylic oxidation sites excluding steroid dienone is 1. The van der Waals surface area contributed by atoms with Crippen LogP contribution in [-0.4, -0.2) is 36.1 Å². The van der Waals surface area contributed by atoms with Crippen molar-refractivity contribution >= 4 is 23.6 Å². The van der Waals surface area contributed by atoms with Crippen molar-refractivity contribution in [1.29, 1.82) is 0 Å². The molecule has 1 saturated heterocycles. The Morgan fingerprint density at radius 2 is 2.04 bits per heavy atom. The van der Waals surface area contributed by atoms with E-state index in [1.54, 1.807) is 18.0 Å². The van der Waals surface area contributed by atoms with Crippen LogP contribution in [0.15, 0.2) is 29.9 Å². The summed E-state index contributed by atoms with van der Waals surface area (Å²) in [5.74, 6) is -1.56. The van der Waals surface area contributed by atoms with Crippen LogP contribution in [0.2, 0.25) is 0 Å². The van der Waals surface area contributed by atoms with Crippen molar-refractivity contribution in [2.45, 2.75) is 26.2 Å². The van der Waals surface area contributed by atoms with Crippen LogP contribution in [0, 0.1) is 11.6 Å². The van der Waals surface area contributed by atoms with Gasteiger partial charge in [0.25, 0.3) is 0 Å². The third kappa shape index (κ3) is 4.51. The van der Waals surface area contributed by atoms with Gasteiger partial charge in [-0.3, -0.25) is 14.8 Å². The van der Waals surface area contributed by atoms with E-state index < -0.39 is 11.6 Å². The molecule has 0 saturated carbocycles. The number of hydrogen-bond donors (Lipinski definition) is 0. The molecule has 7 heteroatoms. The van der Waals surface area contributed by atoms with Crippen molar-refractivity contribution in [3.63, 3.8) is 0 Å². The lowest BCUT2D eigenvalue weighted by Gasteiger charge is -2.37. The molecule has 0 radical (unpaired) electrons. The van der Waals surface area contributed by atoms with Crippen LogP contribution in [0.5, 0.6) is 5.75 Å². The first-order valence-corrected chi connectivity index (χ1v) is 8.46. The van der Waals surface area contributed by atoms with Crippen LogP contribution in [0.4, 0.5) is 8.78 Å². The van der Waals surface area contributed by atoms with Crippen molar-refractivity contribution in [2.24, 2.45) is 0 Å². The van der Waals surface area contributed by atoms with E-state index in [1.807, 2.05) is 0 Å². The predicted octanol–water partition coefficient (Wildman–Crippen LogP) is 4.32. The molecule has 0 unspecified atom stereocenters. The van der Waals surface area contributed by atoms with Crippen molar-refractivity contribution in [3.8, 4) is 5.75 Å². The molecule has 1 aliphatic rings. The lowest BCUT2D eigenvalue weighted by molar-refractivity contribution is -0.133. The molecule has 0 N–H and O–H groups in total. The zero-order valence-corrected chi connectivity index (χ0v) is 14.9. The van der Waals surface area contributed by atoms with E-state index in [2.05, 4.69) is 6.58 Å². The summed E-state index contributed by atoms with van der Waals surface area (Å²) in [6.45, 7) is 6.55. The van der Waals surface area contributed by atoms with Gasteiger partial charge in [0.2, 0.25) is 6.41 Å². The Bertz CT molecular complexity index is 679. The number of carbonyl (C=O) groups excluding carboxylic acids is 1. The molecule has 25 heavy (non-hydrogen) atoms. The lowest BCUT2D eigenvalue weighted by Crippen LogP contribution is -2.44. The maximum atomic E-state index is 14.3. The summed E-state index contributed by atoms with van der Waals surface area (Å²) in [6, 6.07) is 2.07. The van der Waals surface area contributed by atoms with Gasteiger partial charge in [-0.15, -0.1) is 6.58 Å². The molecule has 0 spiro atoms. The van der Waals surface area contributed by atoms with Gasteiger partial charge in [-0.05, 0) is 37.8 Å². The third-order valence-corrected chi connectivity index (χ3v) is 4.46. The SMILES string of the molecule is C=CCCOc1cc(/C(C)=C(\Cl)N2CCCCN2C=O)c(F)cc1F. The number of ether oxygens (including phenoxy) is 1. The molecule has 0 aliphatic carbocycles. The molecular weight excluding hydrogens is 350 g/mol. The summed E-state index contributed by atoms with van der Waals surface area (Å²) in [4.78, 5) is 11.2. The molecule has 0 aromatic heterocycles. The summed E-state index contributed by atoms with van der Waals surface area (Å²) in [5.41, 5.74) is 0.540. The standard InChI is InChI=1S/C18H21ClF2N2O2/c1-3-4-9-25-17-10-14(15(20)11-16(17)21)13(2)18(19)23-8-6-5-7-22(23)12-24/h3,10-12H,1,4-9H2,2H3/b18-13+. The maximum absolute atomic E-state index is 14.3. The van der Waals surface area contributed by atoms with Crippen molar-refractivity contribution in [1.82, 2.24) is 10.0 Å². The first-order valence-electron chi connectivity index (χ1n) is 8.08. The summed E-state index contributed by atoms with van der Waals surface area (Å²) in [6.07, 6.45) is 4.64. The van der Waals surface area contributed by atoms with Gasteiger partial charge in [0.15, 0.2) is 11.6 Å². The summed E-state index contributed by atoms with van der Waals surface area (Å²) >= 11 is 6.40. The highest BCUT2D eigenvalue weighted by Gasteiger charge is 2.23. The third-order valence-electron chi connectivity index (χ3n) is 3.98. The normalized spacial score (nSPS) is 15.7. The van der Waals surface area contributed by atoms with Crippen LogP contribution in [0.1, 0.15) is 31.7 Å². The minimum atomic E-state index is -0.776. The number of amides is 1. The van der Waals surface area contributed by atoms with Crippen molar-refractivity contribution < 1.29 is 18.3 Å². The van der Waals surface area contributed by atoms with E-state index in [0.717, 1.165) is 18.9 Å². The molecule has 1 aromatic rings.